The third-order valence-electron chi connectivity index (χ3n) is 3.21. The Morgan fingerprint density at radius 1 is 1.05 bits per heavy atom. The first-order valence-corrected chi connectivity index (χ1v) is 6.01. The van der Waals surface area contributed by atoms with Crippen molar-refractivity contribution < 1.29 is 9.72 Å². The van der Waals surface area contributed by atoms with Crippen molar-refractivity contribution in [3.8, 4) is 5.69 Å². The summed E-state index contributed by atoms with van der Waals surface area (Å²) in [7, 11) is 0. The normalized spacial score (nSPS) is 10.6. The minimum absolute atomic E-state index is 0.0424. The van der Waals surface area contributed by atoms with Crippen LogP contribution in [0.25, 0.3) is 16.6 Å². The molecule has 0 unspecified atom stereocenters. The van der Waals surface area contributed by atoms with E-state index in [2.05, 4.69) is 0 Å². The molecule has 1 heterocycles. The average molecular weight is 266 g/mol. The Balaban J connectivity index is 2.19. The summed E-state index contributed by atoms with van der Waals surface area (Å²) in [6.45, 7) is 0. The van der Waals surface area contributed by atoms with E-state index in [1.165, 1.54) is 12.1 Å². The standard InChI is InChI=1S/C15H10N2O3/c18-10-11-9-16(15-4-2-1-3-14(11)15)12-5-7-13(8-6-12)17(19)20/h1-10H. The Bertz CT molecular complexity index is 804. The molecule has 20 heavy (non-hydrogen) atoms. The number of rotatable bonds is 3. The molecule has 2 aromatic carbocycles. The highest BCUT2D eigenvalue weighted by atomic mass is 16.6. The van der Waals surface area contributed by atoms with E-state index < -0.39 is 4.92 Å². The number of non-ortho nitro benzene ring substituents is 1. The summed E-state index contributed by atoms with van der Waals surface area (Å²) in [6, 6.07) is 13.8. The number of carbonyl (C=O) groups excluding carboxylic acids is 1. The minimum Gasteiger partial charge on any atom is -0.316 e. The third kappa shape index (κ3) is 1.85. The van der Waals surface area contributed by atoms with Gasteiger partial charge in [0.05, 0.1) is 10.4 Å². The zero-order valence-corrected chi connectivity index (χ0v) is 10.4. The molecule has 0 saturated heterocycles. The van der Waals surface area contributed by atoms with Crippen LogP contribution in [0.4, 0.5) is 5.69 Å². The maximum atomic E-state index is 11.1. The number of nitro groups is 1. The zero-order valence-electron chi connectivity index (χ0n) is 10.4. The number of hydrogen-bond donors (Lipinski definition) is 0. The molecule has 1 aromatic heterocycles. The Morgan fingerprint density at radius 3 is 2.40 bits per heavy atom. The molecule has 0 atom stereocenters. The highest BCUT2D eigenvalue weighted by Crippen LogP contribution is 2.24. The lowest BCUT2D eigenvalue weighted by Crippen LogP contribution is -1.93. The molecule has 0 aliphatic rings. The van der Waals surface area contributed by atoms with E-state index in [1.807, 2.05) is 28.8 Å². The maximum Gasteiger partial charge on any atom is 0.269 e. The van der Waals surface area contributed by atoms with E-state index in [0.29, 0.717) is 5.56 Å². The van der Waals surface area contributed by atoms with Crippen molar-refractivity contribution in [2.24, 2.45) is 0 Å². The number of hydrogen-bond acceptors (Lipinski definition) is 3. The van der Waals surface area contributed by atoms with Gasteiger partial charge in [-0.1, -0.05) is 18.2 Å². The van der Waals surface area contributed by atoms with Gasteiger partial charge in [0.2, 0.25) is 0 Å². The smallest absolute Gasteiger partial charge is 0.269 e. The molecule has 3 aromatic rings. The lowest BCUT2D eigenvalue weighted by atomic mass is 10.2. The molecule has 0 bridgehead atoms. The summed E-state index contributed by atoms with van der Waals surface area (Å²) in [5.41, 5.74) is 2.31. The molecular weight excluding hydrogens is 256 g/mol. The summed E-state index contributed by atoms with van der Waals surface area (Å²) in [6.07, 6.45) is 2.54. The van der Waals surface area contributed by atoms with Gasteiger partial charge >= 0.3 is 0 Å². The zero-order chi connectivity index (χ0) is 14.1. The van der Waals surface area contributed by atoms with Crippen LogP contribution in [-0.2, 0) is 0 Å². The van der Waals surface area contributed by atoms with Crippen LogP contribution in [0.1, 0.15) is 10.4 Å². The predicted octanol–water partition coefficient (Wildman–Crippen LogP) is 3.35. The second-order valence-electron chi connectivity index (χ2n) is 4.36. The van der Waals surface area contributed by atoms with Gasteiger partial charge in [-0.3, -0.25) is 14.9 Å². The molecule has 98 valence electrons. The molecule has 3 rings (SSSR count). The molecule has 0 amide bonds. The highest BCUT2D eigenvalue weighted by Gasteiger charge is 2.10. The molecule has 0 N–H and O–H groups in total. The van der Waals surface area contributed by atoms with E-state index in [0.717, 1.165) is 22.9 Å². The largest absolute Gasteiger partial charge is 0.316 e. The van der Waals surface area contributed by atoms with Crippen molar-refractivity contribution in [2.75, 3.05) is 0 Å². The van der Waals surface area contributed by atoms with Gasteiger partial charge in [-0.2, -0.15) is 0 Å². The number of fused-ring (bicyclic) bond motifs is 1. The first-order valence-electron chi connectivity index (χ1n) is 6.01. The fourth-order valence-electron chi connectivity index (χ4n) is 2.25. The van der Waals surface area contributed by atoms with Crippen LogP contribution < -0.4 is 0 Å². The monoisotopic (exact) mass is 266 g/mol. The maximum absolute atomic E-state index is 11.1. The summed E-state index contributed by atoms with van der Waals surface area (Å²) in [4.78, 5) is 21.3. The summed E-state index contributed by atoms with van der Waals surface area (Å²) in [5.74, 6) is 0. The summed E-state index contributed by atoms with van der Waals surface area (Å²) in [5, 5.41) is 11.5. The van der Waals surface area contributed by atoms with E-state index in [4.69, 9.17) is 0 Å². The van der Waals surface area contributed by atoms with Gasteiger partial charge in [0.15, 0.2) is 6.29 Å². The lowest BCUT2D eigenvalue weighted by molar-refractivity contribution is -0.384. The van der Waals surface area contributed by atoms with Gasteiger partial charge in [0, 0.05) is 35.0 Å². The van der Waals surface area contributed by atoms with Crippen molar-refractivity contribution in [1.82, 2.24) is 4.57 Å². The Hall–Kier alpha value is -2.95. The number of aromatic nitrogens is 1. The van der Waals surface area contributed by atoms with Crippen LogP contribution in [0.15, 0.2) is 54.7 Å². The first-order chi connectivity index (χ1) is 9.70. The minimum atomic E-state index is -0.436. The molecule has 0 aliphatic carbocycles. The molecule has 0 saturated carbocycles. The van der Waals surface area contributed by atoms with Gasteiger partial charge in [0.1, 0.15) is 0 Å². The molecule has 5 heteroatoms. The number of nitrogens with zero attached hydrogens (tertiary/aromatic N) is 2. The number of carbonyl (C=O) groups is 1. The summed E-state index contributed by atoms with van der Waals surface area (Å²) < 4.78 is 1.85. The van der Waals surface area contributed by atoms with Gasteiger partial charge in [-0.05, 0) is 18.2 Å². The van der Waals surface area contributed by atoms with Crippen LogP contribution in [0, 0.1) is 10.1 Å². The van der Waals surface area contributed by atoms with Gasteiger partial charge in [-0.15, -0.1) is 0 Å². The molecular formula is C15H10N2O3. The number of aldehydes is 1. The van der Waals surface area contributed by atoms with Crippen LogP contribution in [0.3, 0.4) is 0 Å². The predicted molar refractivity (Wildman–Crippen MR) is 75.3 cm³/mol. The Kier molecular flexibility index (Phi) is 2.80. The van der Waals surface area contributed by atoms with E-state index in [1.54, 1.807) is 18.3 Å². The number of nitro benzene ring substituents is 1. The quantitative estimate of drug-likeness (QED) is 0.415. The van der Waals surface area contributed by atoms with Crippen LogP contribution >= 0.6 is 0 Å². The second-order valence-corrected chi connectivity index (χ2v) is 4.36. The van der Waals surface area contributed by atoms with Crippen LogP contribution in [-0.4, -0.2) is 15.8 Å². The van der Waals surface area contributed by atoms with Crippen molar-refractivity contribution in [3.63, 3.8) is 0 Å². The Labute approximate surface area is 114 Å². The van der Waals surface area contributed by atoms with E-state index in [9.17, 15) is 14.9 Å². The third-order valence-corrected chi connectivity index (χ3v) is 3.21. The van der Waals surface area contributed by atoms with Crippen molar-refractivity contribution in [1.29, 1.82) is 0 Å². The molecule has 0 fully saturated rings. The molecule has 0 radical (unpaired) electrons. The second kappa shape index (κ2) is 4.62. The number of para-hydroxylation sites is 1. The van der Waals surface area contributed by atoms with E-state index >= 15 is 0 Å². The van der Waals surface area contributed by atoms with Gasteiger partial charge < -0.3 is 4.57 Å². The number of benzene rings is 2. The summed E-state index contributed by atoms with van der Waals surface area (Å²) >= 11 is 0. The fourth-order valence-corrected chi connectivity index (χ4v) is 2.25. The van der Waals surface area contributed by atoms with Gasteiger partial charge in [0.25, 0.3) is 5.69 Å². The van der Waals surface area contributed by atoms with E-state index in [-0.39, 0.29) is 5.69 Å². The highest BCUT2D eigenvalue weighted by molar-refractivity contribution is 5.98. The van der Waals surface area contributed by atoms with Crippen molar-refractivity contribution in [3.05, 3.63) is 70.4 Å². The average Bonchev–Trinajstić information content (AvgIpc) is 2.86. The molecule has 0 aliphatic heterocycles. The first kappa shape index (κ1) is 12.1. The van der Waals surface area contributed by atoms with Crippen molar-refractivity contribution in [2.45, 2.75) is 0 Å². The lowest BCUT2D eigenvalue weighted by Gasteiger charge is -2.04. The molecule has 0 spiro atoms. The molecule has 5 nitrogen and oxygen atoms in total. The fraction of sp³-hybridized carbons (Fsp3) is 0. The Morgan fingerprint density at radius 2 is 1.75 bits per heavy atom. The van der Waals surface area contributed by atoms with Gasteiger partial charge in [-0.25, -0.2) is 0 Å². The van der Waals surface area contributed by atoms with Crippen molar-refractivity contribution >= 4 is 22.9 Å². The SMILES string of the molecule is O=Cc1cn(-c2ccc([N+](=O)[O-])cc2)c2ccccc12. The van der Waals surface area contributed by atoms with Crippen LogP contribution in [0.2, 0.25) is 0 Å². The topological polar surface area (TPSA) is 65.1 Å². The van der Waals surface area contributed by atoms with Crippen LogP contribution in [0.5, 0.6) is 0 Å².